The summed E-state index contributed by atoms with van der Waals surface area (Å²) in [5, 5.41) is 14.3. The van der Waals surface area contributed by atoms with Crippen LogP contribution in [0.1, 0.15) is 20.7 Å². The molecule has 0 saturated carbocycles. The summed E-state index contributed by atoms with van der Waals surface area (Å²) >= 11 is 0. The summed E-state index contributed by atoms with van der Waals surface area (Å²) in [6.07, 6.45) is 3.55. The first-order valence-corrected chi connectivity index (χ1v) is 10.6. The number of rotatable bonds is 6. The summed E-state index contributed by atoms with van der Waals surface area (Å²) in [5.74, 6) is 0.244. The van der Waals surface area contributed by atoms with Gasteiger partial charge in [-0.05, 0) is 48.5 Å². The minimum absolute atomic E-state index is 0.313. The molecule has 0 radical (unpaired) electrons. The van der Waals surface area contributed by atoms with E-state index in [1.807, 2.05) is 60.7 Å². The van der Waals surface area contributed by atoms with Crippen LogP contribution in [0.4, 0.5) is 11.6 Å². The van der Waals surface area contributed by atoms with Gasteiger partial charge in [0, 0.05) is 35.7 Å². The van der Waals surface area contributed by atoms with E-state index in [4.69, 9.17) is 0 Å². The molecule has 5 rings (SSSR count). The van der Waals surface area contributed by atoms with E-state index in [1.165, 1.54) is 0 Å². The molecule has 0 saturated heterocycles. The molecular weight excluding hydrogens is 428 g/mol. The Balaban J connectivity index is 1.21. The van der Waals surface area contributed by atoms with Gasteiger partial charge in [0.25, 0.3) is 11.8 Å². The highest BCUT2D eigenvalue weighted by Gasteiger charge is 2.12. The van der Waals surface area contributed by atoms with E-state index >= 15 is 0 Å². The van der Waals surface area contributed by atoms with E-state index in [0.717, 1.165) is 11.4 Å². The fourth-order valence-corrected chi connectivity index (χ4v) is 3.38. The highest BCUT2D eigenvalue weighted by Crippen LogP contribution is 2.14. The Morgan fingerprint density at radius 3 is 1.29 bits per heavy atom. The first-order valence-electron chi connectivity index (χ1n) is 10.6. The second-order valence-electron chi connectivity index (χ2n) is 7.45. The lowest BCUT2D eigenvalue weighted by Gasteiger charge is -2.05. The number of hydrogen-bond acceptors (Lipinski definition) is 4. The molecule has 0 spiro atoms. The summed E-state index contributed by atoms with van der Waals surface area (Å²) in [7, 11) is 0. The summed E-state index contributed by atoms with van der Waals surface area (Å²) in [4.78, 5) is 25.2. The highest BCUT2D eigenvalue weighted by atomic mass is 16.2. The molecule has 3 aromatic carbocycles. The minimum Gasteiger partial charge on any atom is -0.305 e. The Hall–Kier alpha value is -4.98. The van der Waals surface area contributed by atoms with E-state index in [-0.39, 0.29) is 11.8 Å². The number of nitrogens with one attached hydrogen (secondary N) is 2. The number of hydrogen-bond donors (Lipinski definition) is 2. The third kappa shape index (κ3) is 4.61. The van der Waals surface area contributed by atoms with Crippen LogP contribution < -0.4 is 10.6 Å². The van der Waals surface area contributed by atoms with E-state index in [2.05, 4.69) is 20.8 Å². The van der Waals surface area contributed by atoms with Crippen LogP contribution in [0.15, 0.2) is 109 Å². The number of nitrogens with zero attached hydrogens (tertiary/aromatic N) is 4. The van der Waals surface area contributed by atoms with Crippen molar-refractivity contribution in [2.45, 2.75) is 0 Å². The summed E-state index contributed by atoms with van der Waals surface area (Å²) < 4.78 is 3.37. The molecule has 0 aliphatic heterocycles. The van der Waals surface area contributed by atoms with Crippen LogP contribution in [0.3, 0.4) is 0 Å². The van der Waals surface area contributed by atoms with E-state index in [0.29, 0.717) is 22.8 Å². The second-order valence-corrected chi connectivity index (χ2v) is 7.45. The van der Waals surface area contributed by atoms with Crippen LogP contribution in [-0.4, -0.2) is 31.4 Å². The largest absolute Gasteiger partial charge is 0.305 e. The number of carbonyl (C=O) groups excluding carboxylic acids is 2. The van der Waals surface area contributed by atoms with Crippen molar-refractivity contribution in [1.82, 2.24) is 19.6 Å². The SMILES string of the molecule is O=C(Nc1ccn(-c2ccccc2)n1)c1ccc(C(=O)Nc2ccn(-c3ccccc3)n2)cc1. The standard InChI is InChI=1S/C26H20N6O2/c33-25(27-23-15-17-31(29-23)21-7-3-1-4-8-21)19-11-13-20(14-12-19)26(34)28-24-16-18-32(30-24)22-9-5-2-6-10-22/h1-18H,(H,27,29,33)(H,28,30,34). The number of aromatic nitrogens is 4. The molecule has 0 fully saturated rings. The first-order chi connectivity index (χ1) is 16.7. The first kappa shape index (κ1) is 20.9. The second kappa shape index (κ2) is 9.25. The van der Waals surface area contributed by atoms with Crippen molar-refractivity contribution in [2.24, 2.45) is 0 Å². The Morgan fingerprint density at radius 1 is 0.529 bits per heavy atom. The van der Waals surface area contributed by atoms with Gasteiger partial charge in [-0.25, -0.2) is 9.36 Å². The van der Waals surface area contributed by atoms with Crippen LogP contribution in [0.25, 0.3) is 11.4 Å². The molecule has 2 heterocycles. The van der Waals surface area contributed by atoms with Crippen LogP contribution in [-0.2, 0) is 0 Å². The Bertz CT molecular complexity index is 1310. The van der Waals surface area contributed by atoms with Crippen molar-refractivity contribution in [1.29, 1.82) is 0 Å². The number of para-hydroxylation sites is 2. The molecule has 34 heavy (non-hydrogen) atoms. The lowest BCUT2D eigenvalue weighted by Crippen LogP contribution is -2.15. The average molecular weight is 448 g/mol. The van der Waals surface area contributed by atoms with Gasteiger partial charge in [0.2, 0.25) is 0 Å². The zero-order valence-electron chi connectivity index (χ0n) is 18.0. The number of benzene rings is 3. The van der Waals surface area contributed by atoms with Crippen molar-refractivity contribution < 1.29 is 9.59 Å². The van der Waals surface area contributed by atoms with Gasteiger partial charge in [0.05, 0.1) is 11.4 Å². The molecule has 2 N–H and O–H groups in total. The third-order valence-electron chi connectivity index (χ3n) is 5.11. The summed E-state index contributed by atoms with van der Waals surface area (Å²) in [6.45, 7) is 0. The maximum atomic E-state index is 12.6. The minimum atomic E-state index is -0.313. The summed E-state index contributed by atoms with van der Waals surface area (Å²) in [6, 6.07) is 29.1. The molecule has 0 unspecified atom stereocenters. The molecule has 0 aliphatic rings. The van der Waals surface area contributed by atoms with Crippen molar-refractivity contribution in [2.75, 3.05) is 10.6 Å². The average Bonchev–Trinajstić information content (AvgIpc) is 3.55. The Morgan fingerprint density at radius 2 is 0.912 bits per heavy atom. The predicted octanol–water partition coefficient (Wildman–Crippen LogP) is 4.56. The van der Waals surface area contributed by atoms with E-state index < -0.39 is 0 Å². The van der Waals surface area contributed by atoms with Gasteiger partial charge in [0.1, 0.15) is 0 Å². The van der Waals surface area contributed by atoms with Crippen LogP contribution in [0.5, 0.6) is 0 Å². The van der Waals surface area contributed by atoms with Crippen molar-refractivity contribution in [3.63, 3.8) is 0 Å². The predicted molar refractivity (Wildman–Crippen MR) is 129 cm³/mol. The van der Waals surface area contributed by atoms with Crippen LogP contribution in [0.2, 0.25) is 0 Å². The van der Waals surface area contributed by atoms with Gasteiger partial charge in [-0.3, -0.25) is 9.59 Å². The molecule has 0 bridgehead atoms. The molecule has 0 atom stereocenters. The topological polar surface area (TPSA) is 93.8 Å². The van der Waals surface area contributed by atoms with E-state index in [9.17, 15) is 9.59 Å². The molecule has 8 nitrogen and oxygen atoms in total. The van der Waals surface area contributed by atoms with Gasteiger partial charge >= 0.3 is 0 Å². The van der Waals surface area contributed by atoms with Gasteiger partial charge in [-0.15, -0.1) is 0 Å². The molecule has 2 amide bonds. The number of anilines is 2. The quantitative estimate of drug-likeness (QED) is 0.398. The molecule has 8 heteroatoms. The fraction of sp³-hybridized carbons (Fsp3) is 0. The van der Waals surface area contributed by atoms with Crippen molar-refractivity contribution in [3.05, 3.63) is 121 Å². The zero-order valence-corrected chi connectivity index (χ0v) is 18.0. The maximum Gasteiger partial charge on any atom is 0.256 e. The Kier molecular flexibility index (Phi) is 5.69. The van der Waals surface area contributed by atoms with Crippen molar-refractivity contribution in [3.8, 4) is 11.4 Å². The smallest absolute Gasteiger partial charge is 0.256 e. The fourth-order valence-electron chi connectivity index (χ4n) is 3.38. The zero-order chi connectivity index (χ0) is 23.3. The third-order valence-corrected chi connectivity index (χ3v) is 5.11. The Labute approximate surface area is 195 Å². The lowest BCUT2D eigenvalue weighted by molar-refractivity contribution is 0.101. The molecule has 0 aliphatic carbocycles. The maximum absolute atomic E-state index is 12.6. The summed E-state index contributed by atoms with van der Waals surface area (Å²) in [5.41, 5.74) is 2.62. The van der Waals surface area contributed by atoms with Crippen LogP contribution >= 0.6 is 0 Å². The van der Waals surface area contributed by atoms with Gasteiger partial charge in [0.15, 0.2) is 11.6 Å². The molecule has 166 valence electrons. The van der Waals surface area contributed by atoms with Gasteiger partial charge in [-0.2, -0.15) is 10.2 Å². The van der Waals surface area contributed by atoms with E-state index in [1.54, 1.807) is 58.2 Å². The number of carbonyl (C=O) groups is 2. The van der Waals surface area contributed by atoms with Crippen LogP contribution in [0, 0.1) is 0 Å². The number of amides is 2. The molecular formula is C26H20N6O2. The highest BCUT2D eigenvalue weighted by molar-refractivity contribution is 6.06. The van der Waals surface area contributed by atoms with Crippen molar-refractivity contribution >= 4 is 23.5 Å². The van der Waals surface area contributed by atoms with Gasteiger partial charge < -0.3 is 10.6 Å². The molecule has 2 aromatic heterocycles. The van der Waals surface area contributed by atoms with Gasteiger partial charge in [-0.1, -0.05) is 36.4 Å². The lowest BCUT2D eigenvalue weighted by atomic mass is 10.1. The normalized spacial score (nSPS) is 10.6. The monoisotopic (exact) mass is 448 g/mol. The molecule has 5 aromatic rings.